The molecule has 1 amide bonds. The average molecular weight is 319 g/mol. The van der Waals surface area contributed by atoms with Crippen molar-refractivity contribution in [2.45, 2.75) is 45.2 Å². The van der Waals surface area contributed by atoms with E-state index in [0.717, 1.165) is 19.3 Å². The summed E-state index contributed by atoms with van der Waals surface area (Å²) in [5.74, 6) is 0.449. The Bertz CT molecular complexity index is 605. The summed E-state index contributed by atoms with van der Waals surface area (Å²) in [5.41, 5.74) is 0.349. The molecule has 2 heterocycles. The molecule has 1 aromatic rings. The normalized spacial score (nSPS) is 22.8. The summed E-state index contributed by atoms with van der Waals surface area (Å²) in [6.07, 6.45) is 3.11. The van der Waals surface area contributed by atoms with Crippen LogP contribution in [-0.4, -0.2) is 42.3 Å². The predicted molar refractivity (Wildman–Crippen MR) is 82.5 cm³/mol. The van der Waals surface area contributed by atoms with E-state index in [1.54, 1.807) is 18.2 Å². The number of ether oxygens (including phenoxy) is 3. The molecule has 0 aromatic heterocycles. The van der Waals surface area contributed by atoms with Crippen LogP contribution in [0.3, 0.4) is 0 Å². The van der Waals surface area contributed by atoms with E-state index in [4.69, 9.17) is 14.2 Å². The minimum absolute atomic E-state index is 0.140. The maximum Gasteiger partial charge on any atom is 0.338 e. The summed E-state index contributed by atoms with van der Waals surface area (Å²) in [6.45, 7) is 3.99. The molecule has 0 N–H and O–H groups in total. The molecule has 2 atom stereocenters. The lowest BCUT2D eigenvalue weighted by molar-refractivity contribution is -0.140. The van der Waals surface area contributed by atoms with Crippen molar-refractivity contribution < 1.29 is 23.8 Å². The molecule has 23 heavy (non-hydrogen) atoms. The first-order valence-corrected chi connectivity index (χ1v) is 7.94. The first kappa shape index (κ1) is 15.6. The Morgan fingerprint density at radius 3 is 2.61 bits per heavy atom. The third kappa shape index (κ3) is 3.25. The van der Waals surface area contributed by atoms with Gasteiger partial charge in [-0.3, -0.25) is 4.79 Å². The highest BCUT2D eigenvalue weighted by Gasteiger charge is 2.29. The lowest BCUT2D eigenvalue weighted by Gasteiger charge is -2.38. The van der Waals surface area contributed by atoms with Crippen LogP contribution in [0.5, 0.6) is 11.5 Å². The standard InChI is InChI=1S/C17H21NO5/c1-11-4-3-5-12(2)18(11)16(19)9-21-17(20)13-6-7-14-15(8-13)23-10-22-14/h6-8,11-12H,3-5,9-10H2,1-2H3/t11-,12-/m1/s1. The van der Waals surface area contributed by atoms with E-state index in [1.165, 1.54) is 0 Å². The Morgan fingerprint density at radius 1 is 1.17 bits per heavy atom. The first-order valence-electron chi connectivity index (χ1n) is 7.94. The van der Waals surface area contributed by atoms with Crippen LogP contribution in [0.15, 0.2) is 18.2 Å². The van der Waals surface area contributed by atoms with Crippen LogP contribution < -0.4 is 9.47 Å². The minimum atomic E-state index is -0.533. The third-order valence-electron chi connectivity index (χ3n) is 4.42. The van der Waals surface area contributed by atoms with E-state index < -0.39 is 5.97 Å². The number of likely N-dealkylation sites (tertiary alicyclic amines) is 1. The van der Waals surface area contributed by atoms with Crippen molar-refractivity contribution in [1.82, 2.24) is 4.90 Å². The number of benzene rings is 1. The summed E-state index contributed by atoms with van der Waals surface area (Å²) in [5, 5.41) is 0. The van der Waals surface area contributed by atoms with Gasteiger partial charge in [0.1, 0.15) is 0 Å². The van der Waals surface area contributed by atoms with Gasteiger partial charge in [-0.25, -0.2) is 4.79 Å². The summed E-state index contributed by atoms with van der Waals surface area (Å²) in [4.78, 5) is 26.3. The highest BCUT2D eigenvalue weighted by Crippen LogP contribution is 2.32. The molecule has 1 saturated heterocycles. The van der Waals surface area contributed by atoms with Crippen molar-refractivity contribution in [2.75, 3.05) is 13.4 Å². The zero-order valence-corrected chi connectivity index (χ0v) is 13.4. The molecule has 1 fully saturated rings. The Labute approximate surface area is 135 Å². The Hall–Kier alpha value is -2.24. The van der Waals surface area contributed by atoms with E-state index in [0.29, 0.717) is 17.1 Å². The van der Waals surface area contributed by atoms with Gasteiger partial charge in [-0.15, -0.1) is 0 Å². The maximum absolute atomic E-state index is 12.3. The molecular weight excluding hydrogens is 298 g/mol. The van der Waals surface area contributed by atoms with Crippen LogP contribution in [0.4, 0.5) is 0 Å². The van der Waals surface area contributed by atoms with Crippen molar-refractivity contribution in [3.8, 4) is 11.5 Å². The van der Waals surface area contributed by atoms with Gasteiger partial charge in [0.25, 0.3) is 5.91 Å². The number of hydrogen-bond donors (Lipinski definition) is 0. The van der Waals surface area contributed by atoms with E-state index in [1.807, 2.05) is 18.7 Å². The summed E-state index contributed by atoms with van der Waals surface area (Å²) >= 11 is 0. The van der Waals surface area contributed by atoms with Gasteiger partial charge in [-0.1, -0.05) is 0 Å². The second kappa shape index (κ2) is 6.48. The number of carbonyl (C=O) groups excluding carboxylic acids is 2. The van der Waals surface area contributed by atoms with Crippen LogP contribution in [-0.2, 0) is 9.53 Å². The first-order chi connectivity index (χ1) is 11.1. The molecule has 0 aliphatic carbocycles. The molecule has 0 saturated carbocycles. The molecule has 6 heteroatoms. The van der Waals surface area contributed by atoms with Gasteiger partial charge in [0, 0.05) is 12.1 Å². The number of hydrogen-bond acceptors (Lipinski definition) is 5. The highest BCUT2D eigenvalue weighted by molar-refractivity contribution is 5.92. The second-order valence-electron chi connectivity index (χ2n) is 6.07. The lowest BCUT2D eigenvalue weighted by atomic mass is 9.97. The van der Waals surface area contributed by atoms with Gasteiger partial charge in [0.15, 0.2) is 18.1 Å². The minimum Gasteiger partial charge on any atom is -0.454 e. The van der Waals surface area contributed by atoms with E-state index in [2.05, 4.69) is 0 Å². The number of rotatable bonds is 3. The van der Waals surface area contributed by atoms with Gasteiger partial charge in [0.2, 0.25) is 6.79 Å². The summed E-state index contributed by atoms with van der Waals surface area (Å²) in [6, 6.07) is 5.22. The molecule has 0 spiro atoms. The van der Waals surface area contributed by atoms with Crippen molar-refractivity contribution in [1.29, 1.82) is 0 Å². The van der Waals surface area contributed by atoms with Crippen LogP contribution in [0.25, 0.3) is 0 Å². The van der Waals surface area contributed by atoms with Crippen molar-refractivity contribution >= 4 is 11.9 Å². The van der Waals surface area contributed by atoms with Crippen molar-refractivity contribution in [2.24, 2.45) is 0 Å². The largest absolute Gasteiger partial charge is 0.454 e. The molecule has 0 unspecified atom stereocenters. The second-order valence-corrected chi connectivity index (χ2v) is 6.07. The Kier molecular flexibility index (Phi) is 4.41. The molecule has 1 aromatic carbocycles. The monoisotopic (exact) mass is 319 g/mol. The van der Waals surface area contributed by atoms with Crippen LogP contribution >= 0.6 is 0 Å². The number of nitrogens with zero attached hydrogens (tertiary/aromatic N) is 1. The van der Waals surface area contributed by atoms with Gasteiger partial charge >= 0.3 is 5.97 Å². The fraction of sp³-hybridized carbons (Fsp3) is 0.529. The topological polar surface area (TPSA) is 65.1 Å². The predicted octanol–water partition coefficient (Wildman–Crippen LogP) is 2.36. The number of piperidine rings is 1. The van der Waals surface area contributed by atoms with Crippen molar-refractivity contribution in [3.05, 3.63) is 23.8 Å². The average Bonchev–Trinajstić information content (AvgIpc) is 3.00. The third-order valence-corrected chi connectivity index (χ3v) is 4.42. The molecule has 0 bridgehead atoms. The number of esters is 1. The van der Waals surface area contributed by atoms with E-state index in [-0.39, 0.29) is 31.4 Å². The lowest BCUT2D eigenvalue weighted by Crippen LogP contribution is -2.49. The molecular formula is C17H21NO5. The van der Waals surface area contributed by atoms with Crippen LogP contribution in [0, 0.1) is 0 Å². The smallest absolute Gasteiger partial charge is 0.338 e. The Balaban J connectivity index is 1.59. The highest BCUT2D eigenvalue weighted by atomic mass is 16.7. The summed E-state index contributed by atoms with van der Waals surface area (Å²) < 4.78 is 15.6. The number of amides is 1. The quantitative estimate of drug-likeness (QED) is 0.800. The zero-order chi connectivity index (χ0) is 16.4. The number of carbonyl (C=O) groups is 2. The van der Waals surface area contributed by atoms with Gasteiger partial charge in [-0.05, 0) is 51.3 Å². The van der Waals surface area contributed by atoms with Gasteiger partial charge < -0.3 is 19.1 Å². The SMILES string of the molecule is C[C@@H]1CCC[C@@H](C)N1C(=O)COC(=O)c1ccc2c(c1)OCO2. The fourth-order valence-corrected chi connectivity index (χ4v) is 3.22. The van der Waals surface area contributed by atoms with E-state index in [9.17, 15) is 9.59 Å². The Morgan fingerprint density at radius 2 is 1.87 bits per heavy atom. The number of fused-ring (bicyclic) bond motifs is 1. The van der Waals surface area contributed by atoms with E-state index >= 15 is 0 Å². The van der Waals surface area contributed by atoms with Gasteiger partial charge in [0.05, 0.1) is 5.56 Å². The van der Waals surface area contributed by atoms with Crippen LogP contribution in [0.1, 0.15) is 43.5 Å². The van der Waals surface area contributed by atoms with Crippen molar-refractivity contribution in [3.63, 3.8) is 0 Å². The van der Waals surface area contributed by atoms with Gasteiger partial charge in [-0.2, -0.15) is 0 Å². The molecule has 6 nitrogen and oxygen atoms in total. The fourth-order valence-electron chi connectivity index (χ4n) is 3.22. The summed E-state index contributed by atoms with van der Waals surface area (Å²) in [7, 11) is 0. The molecule has 0 radical (unpaired) electrons. The maximum atomic E-state index is 12.3. The van der Waals surface area contributed by atoms with Crippen LogP contribution in [0.2, 0.25) is 0 Å². The zero-order valence-electron chi connectivity index (χ0n) is 13.4. The molecule has 2 aliphatic rings. The molecule has 3 rings (SSSR count). The molecule has 124 valence electrons. The molecule has 2 aliphatic heterocycles.